The van der Waals surface area contributed by atoms with E-state index < -0.39 is 11.9 Å². The fourth-order valence-electron chi connectivity index (χ4n) is 5.33. The Morgan fingerprint density at radius 3 is 1.51 bits per heavy atom. The molecule has 0 fully saturated rings. The molecule has 0 radical (unpaired) electrons. The maximum Gasteiger partial charge on any atom is 0.354 e. The van der Waals surface area contributed by atoms with Gasteiger partial charge >= 0.3 is 11.9 Å². The minimum Gasteiger partial charge on any atom is -0.550 e. The Morgan fingerprint density at radius 1 is 0.702 bits per heavy atom. The summed E-state index contributed by atoms with van der Waals surface area (Å²) in [6.45, 7) is 16.7. The van der Waals surface area contributed by atoms with E-state index >= 15 is 0 Å². The molecule has 0 atom stereocenters. The van der Waals surface area contributed by atoms with Crippen molar-refractivity contribution in [2.75, 3.05) is 56.4 Å². The van der Waals surface area contributed by atoms with Gasteiger partial charge in [-0.25, -0.2) is 20.6 Å². The van der Waals surface area contributed by atoms with Crippen LogP contribution >= 0.6 is 11.3 Å². The molecular formula is C41H66N10O5S. The number of carbonyl (C=O) groups is 2. The maximum atomic E-state index is 12.6. The highest BCUT2D eigenvalue weighted by Crippen LogP contribution is 2.29. The number of fused-ring (bicyclic) bond motifs is 2. The second kappa shape index (κ2) is 23.7. The first-order valence-corrected chi connectivity index (χ1v) is 19.8. The van der Waals surface area contributed by atoms with Crippen LogP contribution in [-0.4, -0.2) is 135 Å². The molecule has 0 saturated heterocycles. The molecular weight excluding hydrogens is 745 g/mol. The summed E-state index contributed by atoms with van der Waals surface area (Å²) in [5.41, 5.74) is 0.481. The summed E-state index contributed by atoms with van der Waals surface area (Å²) in [5.74, 6) is 1.04. The summed E-state index contributed by atoms with van der Waals surface area (Å²) < 4.78 is 5.34. The second-order valence-electron chi connectivity index (χ2n) is 15.4. The van der Waals surface area contributed by atoms with Gasteiger partial charge in [-0.2, -0.15) is 0 Å². The summed E-state index contributed by atoms with van der Waals surface area (Å²) in [7, 11) is 16.0. The third-order valence-corrected chi connectivity index (χ3v) is 8.54. The predicted octanol–water partition coefficient (Wildman–Crippen LogP) is 1.06. The van der Waals surface area contributed by atoms with E-state index in [1.165, 1.54) is 23.5 Å². The molecule has 0 aliphatic carbocycles. The van der Waals surface area contributed by atoms with Crippen molar-refractivity contribution in [2.24, 2.45) is 9.98 Å². The average Bonchev–Trinajstić information content (AvgIpc) is 3.05. The number of rotatable bonds is 8. The van der Waals surface area contributed by atoms with Crippen LogP contribution < -0.4 is 36.9 Å². The lowest BCUT2D eigenvalue weighted by Crippen LogP contribution is -2.51. The van der Waals surface area contributed by atoms with Crippen molar-refractivity contribution in [1.29, 1.82) is 0 Å². The Hall–Kier alpha value is -5.25. The standard InChI is InChI=1S/C17H12O5S.2C12H27N5/c18-14(19)7-9-5-10(8-15(20)21)17-12(6-9)16(22)11-3-1-2-4-13(11)23-17;2*1-9(2)13-11(14-10(3)4)15-12(16(5)6)17(7)8/h1-6H,7-8H2,(H,18,19)(H,20,21);2*9-10H,1-8H3,(H,13,14). The normalized spacial score (nSPS) is 11.4. The predicted molar refractivity (Wildman–Crippen MR) is 233 cm³/mol. The van der Waals surface area contributed by atoms with Crippen LogP contribution in [0, 0.1) is 0 Å². The lowest BCUT2D eigenvalue weighted by molar-refractivity contribution is -0.471. The largest absolute Gasteiger partial charge is 0.550 e. The Morgan fingerprint density at radius 2 is 1.14 bits per heavy atom. The number of carboxylic acids is 2. The fraction of sp³-hybridized carbons (Fsp3) is 0.537. The number of carboxylic acid groups (broad SMARTS) is 2. The molecule has 4 N–H and O–H groups in total. The fourth-order valence-corrected chi connectivity index (χ4v) is 6.49. The van der Waals surface area contributed by atoms with Gasteiger partial charge in [-0.3, -0.25) is 23.7 Å². The molecule has 0 spiro atoms. The van der Waals surface area contributed by atoms with Gasteiger partial charge in [-0.15, -0.1) is 11.3 Å². The quantitative estimate of drug-likeness (QED) is 0.111. The molecule has 16 heteroatoms. The van der Waals surface area contributed by atoms with Crippen LogP contribution in [0.15, 0.2) is 51.2 Å². The van der Waals surface area contributed by atoms with Crippen LogP contribution in [0.3, 0.4) is 0 Å². The van der Waals surface area contributed by atoms with Crippen molar-refractivity contribution >= 4 is 67.3 Å². The number of aliphatic carboxylic acids is 2. The summed E-state index contributed by atoms with van der Waals surface area (Å²) >= 11 is 1.31. The molecule has 0 bridgehead atoms. The van der Waals surface area contributed by atoms with Crippen molar-refractivity contribution in [3.63, 3.8) is 0 Å². The minimum atomic E-state index is -1.29. The molecule has 0 aliphatic heterocycles. The zero-order chi connectivity index (χ0) is 43.7. The Labute approximate surface area is 342 Å². The van der Waals surface area contributed by atoms with Crippen molar-refractivity contribution in [3.05, 3.63) is 57.7 Å². The zero-order valence-electron chi connectivity index (χ0n) is 36.8. The van der Waals surface area contributed by atoms with Crippen molar-refractivity contribution in [2.45, 2.75) is 92.4 Å². The highest BCUT2D eigenvalue weighted by molar-refractivity contribution is 7.24. The Bertz CT molecular complexity index is 1930. The van der Waals surface area contributed by atoms with E-state index in [0.717, 1.165) is 28.5 Å². The van der Waals surface area contributed by atoms with Gasteiger partial charge in [0.1, 0.15) is 0 Å². The molecule has 0 amide bonds. The van der Waals surface area contributed by atoms with Gasteiger partial charge < -0.3 is 30.4 Å². The lowest BCUT2D eigenvalue weighted by atomic mass is 10.0. The van der Waals surface area contributed by atoms with Gasteiger partial charge in [0.2, 0.25) is 0 Å². The number of aliphatic imine (C=N–C) groups is 2. The molecule has 1 aromatic heterocycles. The van der Waals surface area contributed by atoms with Gasteiger partial charge in [-0.05, 0) is 84.7 Å². The summed E-state index contributed by atoms with van der Waals surface area (Å²) in [6, 6.07) is 11.2. The third-order valence-electron chi connectivity index (χ3n) is 7.28. The van der Waals surface area contributed by atoms with Gasteiger partial charge in [0.25, 0.3) is 11.9 Å². The molecule has 0 saturated carbocycles. The van der Waals surface area contributed by atoms with E-state index in [1.54, 1.807) is 24.3 Å². The number of carbonyl (C=O) groups excluding carboxylic acids is 2. The molecule has 3 rings (SSSR count). The lowest BCUT2D eigenvalue weighted by Gasteiger charge is -2.17. The van der Waals surface area contributed by atoms with Crippen LogP contribution in [0.1, 0.15) is 66.5 Å². The van der Waals surface area contributed by atoms with Crippen LogP contribution in [-0.2, 0) is 22.4 Å². The SMILES string of the molecule is CC(C)N=C(NC(N(C)C)=[N+](C)C)NC(C)C.CC(C)N=C(NC(N(C)C)=[N+](C)C)NC(C)C.O=C([O-])Cc1cc(CC(=O)[O-])c2sc3ccccc3c(=O)c2c1. The van der Waals surface area contributed by atoms with E-state index in [0.29, 0.717) is 38.7 Å². The smallest absolute Gasteiger partial charge is 0.354 e. The van der Waals surface area contributed by atoms with Crippen molar-refractivity contribution in [1.82, 2.24) is 31.1 Å². The molecule has 57 heavy (non-hydrogen) atoms. The maximum absolute atomic E-state index is 12.6. The molecule has 0 unspecified atom stereocenters. The van der Waals surface area contributed by atoms with E-state index in [4.69, 9.17) is 0 Å². The topological polar surface area (TPSA) is 183 Å². The first-order valence-electron chi connectivity index (χ1n) is 19.0. The van der Waals surface area contributed by atoms with Gasteiger partial charge in [-0.1, -0.05) is 18.2 Å². The van der Waals surface area contributed by atoms with Crippen molar-refractivity contribution in [3.8, 4) is 0 Å². The second-order valence-corrected chi connectivity index (χ2v) is 16.4. The molecule has 15 nitrogen and oxygen atoms in total. The average molecular weight is 811 g/mol. The molecule has 2 aromatic carbocycles. The van der Waals surface area contributed by atoms with Crippen LogP contribution in [0.5, 0.6) is 0 Å². The monoisotopic (exact) mass is 810 g/mol. The van der Waals surface area contributed by atoms with Crippen LogP contribution in [0.25, 0.3) is 20.2 Å². The summed E-state index contributed by atoms with van der Waals surface area (Å²) in [4.78, 5) is 47.6. The highest BCUT2D eigenvalue weighted by Gasteiger charge is 2.17. The van der Waals surface area contributed by atoms with E-state index in [9.17, 15) is 24.6 Å². The van der Waals surface area contributed by atoms with Crippen LogP contribution in [0.2, 0.25) is 0 Å². The van der Waals surface area contributed by atoms with Crippen LogP contribution in [0.4, 0.5) is 0 Å². The molecule has 316 valence electrons. The summed E-state index contributed by atoms with van der Waals surface area (Å²) in [6.07, 6.45) is -0.765. The van der Waals surface area contributed by atoms with E-state index in [2.05, 4.69) is 86.6 Å². The van der Waals surface area contributed by atoms with Gasteiger partial charge in [0.05, 0.1) is 56.4 Å². The molecule has 1 heterocycles. The number of nitrogens with zero attached hydrogens (tertiary/aromatic N) is 6. The Kier molecular flexibility index (Phi) is 20.7. The molecule has 0 aliphatic rings. The number of guanidine groups is 4. The number of hydrogen-bond acceptors (Lipinski definition) is 8. The zero-order valence-corrected chi connectivity index (χ0v) is 37.6. The van der Waals surface area contributed by atoms with Gasteiger partial charge in [0.15, 0.2) is 5.43 Å². The van der Waals surface area contributed by atoms with Gasteiger partial charge in [0, 0.05) is 69.1 Å². The summed E-state index contributed by atoms with van der Waals surface area (Å²) in [5, 5.41) is 35.9. The highest BCUT2D eigenvalue weighted by atomic mass is 32.1. The first kappa shape index (κ1) is 49.8. The third kappa shape index (κ3) is 18.0. The first-order chi connectivity index (χ1) is 26.4. The number of hydrogen-bond donors (Lipinski definition) is 4. The number of benzene rings is 2. The van der Waals surface area contributed by atoms with E-state index in [1.807, 2.05) is 75.3 Å². The van der Waals surface area contributed by atoms with E-state index in [-0.39, 0.29) is 30.4 Å². The number of nitrogens with one attached hydrogen (secondary N) is 4. The minimum absolute atomic E-state index is 0.242. The Balaban J connectivity index is 0.000000438. The molecule has 3 aromatic rings. The van der Waals surface area contributed by atoms with Crippen molar-refractivity contribution < 1.29 is 29.0 Å².